The van der Waals surface area contributed by atoms with Crippen LogP contribution in [0.25, 0.3) is 0 Å². The first kappa shape index (κ1) is 22.5. The van der Waals surface area contributed by atoms with Crippen molar-refractivity contribution in [2.24, 2.45) is 0 Å². The molecule has 0 saturated heterocycles. The number of nitrogens with zero attached hydrogens (tertiary/aromatic N) is 1. The summed E-state index contributed by atoms with van der Waals surface area (Å²) in [5.74, 6) is -1.19. The van der Waals surface area contributed by atoms with Crippen LogP contribution >= 0.6 is 0 Å². The second kappa shape index (κ2) is 10.7. The number of carbonyl (C=O) groups is 3. The Balaban J connectivity index is 1.85. The first-order valence-electron chi connectivity index (χ1n) is 9.49. The van der Waals surface area contributed by atoms with Gasteiger partial charge in [-0.2, -0.15) is 0 Å². The minimum Gasteiger partial charge on any atom is -0.350 e. The van der Waals surface area contributed by atoms with Gasteiger partial charge in [-0.05, 0) is 37.1 Å². The molecule has 30 heavy (non-hydrogen) atoms. The molecule has 9 heteroatoms. The smallest absolute Gasteiger partial charge is 0.270 e. The second-order valence-corrected chi connectivity index (χ2v) is 6.75. The highest BCUT2D eigenvalue weighted by Gasteiger charge is 2.13. The molecule has 0 radical (unpaired) electrons. The molecule has 0 bridgehead atoms. The lowest BCUT2D eigenvalue weighted by Crippen LogP contribution is -2.36. The van der Waals surface area contributed by atoms with Crippen molar-refractivity contribution < 1.29 is 19.3 Å². The number of hydrogen-bond donors (Lipinski definition) is 3. The van der Waals surface area contributed by atoms with E-state index in [1.54, 1.807) is 24.3 Å². The van der Waals surface area contributed by atoms with E-state index in [2.05, 4.69) is 16.0 Å². The third-order valence-corrected chi connectivity index (χ3v) is 4.40. The van der Waals surface area contributed by atoms with Gasteiger partial charge in [0.1, 0.15) is 0 Å². The van der Waals surface area contributed by atoms with E-state index in [-0.39, 0.29) is 36.3 Å². The molecule has 0 aliphatic rings. The van der Waals surface area contributed by atoms with Gasteiger partial charge in [-0.1, -0.05) is 25.1 Å². The summed E-state index contributed by atoms with van der Waals surface area (Å²) in [6, 6.07) is 12.2. The van der Waals surface area contributed by atoms with Crippen molar-refractivity contribution in [1.29, 1.82) is 0 Å². The average molecular weight is 412 g/mol. The summed E-state index contributed by atoms with van der Waals surface area (Å²) in [4.78, 5) is 46.5. The Hall–Kier alpha value is -3.75. The molecule has 2 aromatic carbocycles. The Kier molecular flexibility index (Phi) is 8.04. The van der Waals surface area contributed by atoms with Gasteiger partial charge in [0.05, 0.1) is 11.5 Å². The molecule has 1 atom stereocenters. The number of amides is 3. The Morgan fingerprint density at radius 2 is 1.67 bits per heavy atom. The highest BCUT2D eigenvalue weighted by molar-refractivity contribution is 5.97. The quantitative estimate of drug-likeness (QED) is 0.429. The molecular formula is C21H24N4O5. The van der Waals surface area contributed by atoms with Gasteiger partial charge in [-0.3, -0.25) is 24.5 Å². The zero-order chi connectivity index (χ0) is 22.1. The van der Waals surface area contributed by atoms with Crippen molar-refractivity contribution in [3.63, 3.8) is 0 Å². The highest BCUT2D eigenvalue weighted by atomic mass is 16.6. The number of non-ortho nitro benzene ring substituents is 1. The maximum Gasteiger partial charge on any atom is 0.270 e. The lowest BCUT2D eigenvalue weighted by Gasteiger charge is -2.12. The van der Waals surface area contributed by atoms with Gasteiger partial charge >= 0.3 is 0 Å². The van der Waals surface area contributed by atoms with E-state index >= 15 is 0 Å². The van der Waals surface area contributed by atoms with Crippen molar-refractivity contribution in [3.8, 4) is 0 Å². The van der Waals surface area contributed by atoms with Crippen LogP contribution in [0.4, 0.5) is 5.69 Å². The van der Waals surface area contributed by atoms with Crippen LogP contribution in [0.2, 0.25) is 0 Å². The lowest BCUT2D eigenvalue weighted by molar-refractivity contribution is -0.384. The third-order valence-electron chi connectivity index (χ3n) is 4.40. The van der Waals surface area contributed by atoms with Crippen LogP contribution in [0.15, 0.2) is 48.5 Å². The van der Waals surface area contributed by atoms with E-state index in [4.69, 9.17) is 0 Å². The van der Waals surface area contributed by atoms with Gasteiger partial charge in [0, 0.05) is 35.8 Å². The van der Waals surface area contributed by atoms with E-state index < -0.39 is 16.7 Å². The largest absolute Gasteiger partial charge is 0.350 e. The van der Waals surface area contributed by atoms with Gasteiger partial charge < -0.3 is 16.0 Å². The molecule has 0 fully saturated rings. The van der Waals surface area contributed by atoms with E-state index in [9.17, 15) is 24.5 Å². The van der Waals surface area contributed by atoms with Crippen LogP contribution in [-0.2, 0) is 11.3 Å². The molecule has 0 aliphatic heterocycles. The normalized spacial score (nSPS) is 11.3. The van der Waals surface area contributed by atoms with Crippen LogP contribution in [-0.4, -0.2) is 35.2 Å². The molecule has 158 valence electrons. The molecule has 3 amide bonds. The summed E-state index contributed by atoms with van der Waals surface area (Å²) in [7, 11) is 0. The van der Waals surface area contributed by atoms with Crippen molar-refractivity contribution >= 4 is 23.4 Å². The molecule has 1 unspecified atom stereocenters. The van der Waals surface area contributed by atoms with Crippen molar-refractivity contribution in [3.05, 3.63) is 75.3 Å². The molecule has 2 aromatic rings. The minimum atomic E-state index is -0.596. The lowest BCUT2D eigenvalue weighted by atomic mass is 10.1. The van der Waals surface area contributed by atoms with Crippen LogP contribution in [0.5, 0.6) is 0 Å². The first-order valence-corrected chi connectivity index (χ1v) is 9.49. The maximum atomic E-state index is 12.2. The Morgan fingerprint density at radius 3 is 2.33 bits per heavy atom. The van der Waals surface area contributed by atoms with Crippen LogP contribution in [0.1, 0.15) is 46.5 Å². The van der Waals surface area contributed by atoms with Crippen molar-refractivity contribution in [2.75, 3.05) is 6.54 Å². The van der Waals surface area contributed by atoms with Crippen molar-refractivity contribution in [1.82, 2.24) is 16.0 Å². The molecule has 9 nitrogen and oxygen atoms in total. The number of nitro groups is 1. The van der Waals surface area contributed by atoms with Gasteiger partial charge in [0.2, 0.25) is 5.91 Å². The summed E-state index contributed by atoms with van der Waals surface area (Å²) in [5, 5.41) is 18.7. The van der Waals surface area contributed by atoms with E-state index in [1.807, 2.05) is 13.8 Å². The van der Waals surface area contributed by atoms with Crippen molar-refractivity contribution in [2.45, 2.75) is 32.9 Å². The first-order chi connectivity index (χ1) is 14.3. The zero-order valence-corrected chi connectivity index (χ0v) is 16.8. The predicted octanol–water partition coefficient (Wildman–Crippen LogP) is 2.17. The fourth-order valence-electron chi connectivity index (χ4n) is 2.52. The van der Waals surface area contributed by atoms with Crippen LogP contribution in [0, 0.1) is 10.1 Å². The number of benzene rings is 2. The zero-order valence-electron chi connectivity index (χ0n) is 16.8. The fraction of sp³-hybridized carbons (Fsp3) is 0.286. The van der Waals surface area contributed by atoms with Crippen LogP contribution < -0.4 is 16.0 Å². The summed E-state index contributed by atoms with van der Waals surface area (Å²) >= 11 is 0. The number of hydrogen-bond acceptors (Lipinski definition) is 5. The van der Waals surface area contributed by atoms with E-state index in [1.165, 1.54) is 18.2 Å². The van der Waals surface area contributed by atoms with E-state index in [0.717, 1.165) is 18.1 Å². The Morgan fingerprint density at radius 1 is 1.00 bits per heavy atom. The summed E-state index contributed by atoms with van der Waals surface area (Å²) in [5.41, 5.74) is 1.13. The molecular weight excluding hydrogens is 388 g/mol. The molecule has 2 rings (SSSR count). The summed E-state index contributed by atoms with van der Waals surface area (Å²) in [6.45, 7) is 3.81. The summed E-state index contributed by atoms with van der Waals surface area (Å²) in [6.07, 6.45) is 0.823. The Bertz CT molecular complexity index is 944. The molecule has 0 saturated carbocycles. The monoisotopic (exact) mass is 412 g/mol. The molecule has 0 heterocycles. The van der Waals surface area contributed by atoms with Crippen LogP contribution in [0.3, 0.4) is 0 Å². The molecule has 0 aromatic heterocycles. The highest BCUT2D eigenvalue weighted by Crippen LogP contribution is 2.12. The number of rotatable bonds is 9. The topological polar surface area (TPSA) is 130 Å². The fourth-order valence-corrected chi connectivity index (χ4v) is 2.52. The predicted molar refractivity (Wildman–Crippen MR) is 111 cm³/mol. The number of nitro benzene ring substituents is 1. The van der Waals surface area contributed by atoms with Gasteiger partial charge in [-0.15, -0.1) is 0 Å². The Labute approximate surface area is 174 Å². The minimum absolute atomic E-state index is 0.0653. The SMILES string of the molecule is CCC(C)NC(=O)c1cccc(CNC(=O)CNC(=O)c2cccc([N+](=O)[O-])c2)c1. The number of nitrogens with one attached hydrogen (secondary N) is 3. The second-order valence-electron chi connectivity index (χ2n) is 6.75. The van der Waals surface area contributed by atoms with E-state index in [0.29, 0.717) is 5.56 Å². The average Bonchev–Trinajstić information content (AvgIpc) is 2.76. The van der Waals surface area contributed by atoms with Gasteiger partial charge in [0.25, 0.3) is 17.5 Å². The van der Waals surface area contributed by atoms with Gasteiger partial charge in [-0.25, -0.2) is 0 Å². The molecule has 3 N–H and O–H groups in total. The molecule has 0 aliphatic carbocycles. The maximum absolute atomic E-state index is 12.2. The summed E-state index contributed by atoms with van der Waals surface area (Å²) < 4.78 is 0. The van der Waals surface area contributed by atoms with Gasteiger partial charge in [0.15, 0.2) is 0 Å². The third kappa shape index (κ3) is 6.69. The standard InChI is InChI=1S/C21H24N4O5/c1-3-14(2)24-21(28)16-7-4-6-15(10-16)12-22-19(26)13-23-20(27)17-8-5-9-18(11-17)25(29)30/h4-11,14H,3,12-13H2,1-2H3,(H,22,26)(H,23,27)(H,24,28). The number of carbonyl (C=O) groups excluding carboxylic acids is 3. The molecule has 0 spiro atoms.